The Morgan fingerprint density at radius 2 is 1.49 bits per heavy atom. The number of hydrogen-bond acceptors (Lipinski definition) is 8. The zero-order chi connectivity index (χ0) is 34.4. The van der Waals surface area contributed by atoms with Gasteiger partial charge in [0.25, 0.3) is 0 Å². The highest BCUT2D eigenvalue weighted by Gasteiger charge is 2.53. The molecule has 3 heterocycles. The van der Waals surface area contributed by atoms with E-state index in [9.17, 15) is 5.11 Å². The van der Waals surface area contributed by atoms with Crippen molar-refractivity contribution in [3.05, 3.63) is 108 Å². The van der Waals surface area contributed by atoms with Crippen LogP contribution in [0.4, 0.5) is 0 Å². The lowest BCUT2D eigenvalue weighted by atomic mass is 9.92. The summed E-state index contributed by atoms with van der Waals surface area (Å²) >= 11 is 0. The molecule has 1 atom stereocenters. The Labute approximate surface area is 289 Å². The predicted octanol–water partition coefficient (Wildman–Crippen LogP) is 6.87. The first-order chi connectivity index (χ1) is 23.5. The zero-order valence-electron chi connectivity index (χ0n) is 28.9. The van der Waals surface area contributed by atoms with Crippen molar-refractivity contribution in [2.45, 2.75) is 63.6 Å². The second-order valence-electron chi connectivity index (χ2n) is 14.3. The average Bonchev–Trinajstić information content (AvgIpc) is 3.77. The van der Waals surface area contributed by atoms with Crippen LogP contribution in [0.3, 0.4) is 0 Å². The van der Waals surface area contributed by atoms with Gasteiger partial charge in [0.15, 0.2) is 23.0 Å². The molecule has 0 aliphatic carbocycles. The molecule has 7 rings (SSSR count). The molecule has 9 heteroatoms. The van der Waals surface area contributed by atoms with Gasteiger partial charge in [0.2, 0.25) is 6.79 Å². The van der Waals surface area contributed by atoms with Crippen molar-refractivity contribution in [2.24, 2.45) is 0 Å². The number of fused-ring (bicyclic) bond motifs is 2. The molecular formula is C40H44O8Si. The predicted molar refractivity (Wildman–Crippen MR) is 191 cm³/mol. The standard InChI is InChI=1S/C40H44O8Si/c1-38(2,3)49(28-13-9-7-10-14-28,29-15-11-8-12-16-29)48-35-24-31(36(42-6)30-19-20-39(4,5)47-37(30)35)32(41)25-40(45-21-22-46-40)27-17-18-33-34(23-27)44-26-43-33/h7-20,23-24,32,41H,21-22,25-26H2,1-6H3. The molecule has 0 amide bonds. The maximum absolute atomic E-state index is 12.2. The number of benzene rings is 4. The van der Waals surface area contributed by atoms with Crippen LogP contribution in [0.15, 0.2) is 91.0 Å². The van der Waals surface area contributed by atoms with Gasteiger partial charge in [-0.05, 0) is 65.7 Å². The van der Waals surface area contributed by atoms with E-state index in [2.05, 4.69) is 69.3 Å². The molecule has 0 saturated carbocycles. The number of ether oxygens (including phenoxy) is 6. The molecule has 1 fully saturated rings. The molecule has 0 spiro atoms. The Kier molecular flexibility index (Phi) is 8.51. The number of hydrogen-bond donors (Lipinski definition) is 1. The minimum Gasteiger partial charge on any atom is -0.531 e. The average molecular weight is 681 g/mol. The molecule has 0 radical (unpaired) electrons. The van der Waals surface area contributed by atoms with E-state index in [1.165, 1.54) is 0 Å². The topological polar surface area (TPSA) is 84.8 Å². The van der Waals surface area contributed by atoms with Crippen molar-refractivity contribution in [1.29, 1.82) is 0 Å². The van der Waals surface area contributed by atoms with Gasteiger partial charge in [-0.15, -0.1) is 0 Å². The lowest BCUT2D eigenvalue weighted by Crippen LogP contribution is -2.68. The van der Waals surface area contributed by atoms with Crippen LogP contribution in [-0.2, 0) is 15.3 Å². The molecule has 49 heavy (non-hydrogen) atoms. The van der Waals surface area contributed by atoms with Crippen LogP contribution in [0.5, 0.6) is 28.7 Å². The Morgan fingerprint density at radius 3 is 2.10 bits per heavy atom. The Balaban J connectivity index is 1.39. The summed E-state index contributed by atoms with van der Waals surface area (Å²) in [5, 5.41) is 14.2. The fourth-order valence-corrected chi connectivity index (χ4v) is 11.6. The van der Waals surface area contributed by atoms with Crippen LogP contribution in [0.25, 0.3) is 6.08 Å². The molecule has 3 aliphatic rings. The van der Waals surface area contributed by atoms with Crippen molar-refractivity contribution in [1.82, 2.24) is 0 Å². The molecule has 3 aliphatic heterocycles. The van der Waals surface area contributed by atoms with Crippen LogP contribution in [0, 0.1) is 0 Å². The van der Waals surface area contributed by atoms with E-state index in [-0.39, 0.29) is 18.3 Å². The molecule has 0 bridgehead atoms. The second kappa shape index (κ2) is 12.6. The van der Waals surface area contributed by atoms with Gasteiger partial charge < -0.3 is 38.0 Å². The Morgan fingerprint density at radius 1 is 0.857 bits per heavy atom. The number of aliphatic hydroxyl groups is 1. The molecule has 256 valence electrons. The fraction of sp³-hybridized carbons (Fsp3) is 0.350. The van der Waals surface area contributed by atoms with Gasteiger partial charge in [-0.25, -0.2) is 0 Å². The van der Waals surface area contributed by atoms with Gasteiger partial charge in [-0.1, -0.05) is 81.4 Å². The highest BCUT2D eigenvalue weighted by molar-refractivity contribution is 7.00. The summed E-state index contributed by atoms with van der Waals surface area (Å²) in [5.41, 5.74) is 1.38. The van der Waals surface area contributed by atoms with Gasteiger partial charge in [-0.3, -0.25) is 0 Å². The molecule has 1 saturated heterocycles. The maximum atomic E-state index is 12.2. The first kappa shape index (κ1) is 33.2. The zero-order valence-corrected chi connectivity index (χ0v) is 29.9. The lowest BCUT2D eigenvalue weighted by molar-refractivity contribution is -0.186. The van der Waals surface area contributed by atoms with Crippen LogP contribution in [0.2, 0.25) is 5.04 Å². The van der Waals surface area contributed by atoms with E-state index < -0.39 is 25.8 Å². The molecule has 8 nitrogen and oxygen atoms in total. The molecule has 4 aromatic carbocycles. The van der Waals surface area contributed by atoms with Crippen molar-refractivity contribution in [3.8, 4) is 28.7 Å². The lowest BCUT2D eigenvalue weighted by Gasteiger charge is -2.44. The number of aliphatic hydroxyl groups excluding tert-OH is 1. The number of methoxy groups -OCH3 is 1. The van der Waals surface area contributed by atoms with Crippen LogP contribution >= 0.6 is 0 Å². The summed E-state index contributed by atoms with van der Waals surface area (Å²) in [5.74, 6) is 1.68. The van der Waals surface area contributed by atoms with Gasteiger partial charge in [-0.2, -0.15) is 0 Å². The monoisotopic (exact) mass is 680 g/mol. The van der Waals surface area contributed by atoms with Crippen molar-refractivity contribution in [3.63, 3.8) is 0 Å². The van der Waals surface area contributed by atoms with Crippen molar-refractivity contribution < 1.29 is 38.0 Å². The summed E-state index contributed by atoms with van der Waals surface area (Å²) in [7, 11) is -1.49. The largest absolute Gasteiger partial charge is 0.531 e. The minimum absolute atomic E-state index is 0.0938. The Hall–Kier alpha value is -4.28. The fourth-order valence-electron chi connectivity index (χ4n) is 7.22. The van der Waals surface area contributed by atoms with Crippen molar-refractivity contribution in [2.75, 3.05) is 27.1 Å². The maximum Gasteiger partial charge on any atom is 0.320 e. The van der Waals surface area contributed by atoms with E-state index in [0.29, 0.717) is 53.1 Å². The summed E-state index contributed by atoms with van der Waals surface area (Å²) in [4.78, 5) is 0. The van der Waals surface area contributed by atoms with E-state index in [4.69, 9.17) is 32.8 Å². The van der Waals surface area contributed by atoms with E-state index in [1.54, 1.807) is 7.11 Å². The highest BCUT2D eigenvalue weighted by Crippen LogP contribution is 2.52. The van der Waals surface area contributed by atoms with Crippen LogP contribution in [0.1, 0.15) is 63.8 Å². The smallest absolute Gasteiger partial charge is 0.320 e. The second-order valence-corrected chi connectivity index (χ2v) is 18.5. The van der Waals surface area contributed by atoms with Gasteiger partial charge in [0.1, 0.15) is 17.1 Å². The van der Waals surface area contributed by atoms with E-state index in [0.717, 1.165) is 15.9 Å². The Bertz CT molecular complexity index is 1800. The summed E-state index contributed by atoms with van der Waals surface area (Å²) < 4.78 is 44.1. The summed E-state index contributed by atoms with van der Waals surface area (Å²) in [6.45, 7) is 11.7. The van der Waals surface area contributed by atoms with Gasteiger partial charge in [0, 0.05) is 17.5 Å². The first-order valence-corrected chi connectivity index (χ1v) is 18.7. The third-order valence-corrected chi connectivity index (χ3v) is 14.5. The van der Waals surface area contributed by atoms with Crippen LogP contribution < -0.4 is 33.7 Å². The molecule has 0 aromatic heterocycles. The van der Waals surface area contributed by atoms with Gasteiger partial charge in [0.05, 0.1) is 32.0 Å². The minimum atomic E-state index is -3.10. The summed E-state index contributed by atoms with van der Waals surface area (Å²) in [6, 6.07) is 28.4. The van der Waals surface area contributed by atoms with Gasteiger partial charge >= 0.3 is 8.32 Å². The third kappa shape index (κ3) is 5.88. The SMILES string of the molecule is COc1c(C(O)CC2(c3ccc4c(c3)OCO4)OCCO2)cc(O[Si](c2ccccc2)(c2ccccc2)C(C)(C)C)c2c1C=CC(C)(C)O2. The van der Waals surface area contributed by atoms with E-state index in [1.807, 2.05) is 62.4 Å². The molecule has 1 unspecified atom stereocenters. The molecule has 4 aromatic rings. The summed E-state index contributed by atoms with van der Waals surface area (Å²) in [6.07, 6.45) is 3.02. The highest BCUT2D eigenvalue weighted by atomic mass is 28.4. The number of rotatable bonds is 9. The quantitative estimate of drug-likeness (QED) is 0.192. The first-order valence-electron chi connectivity index (χ1n) is 16.8. The third-order valence-electron chi connectivity index (χ3n) is 9.55. The van der Waals surface area contributed by atoms with Crippen LogP contribution in [-0.4, -0.2) is 46.1 Å². The molecule has 1 N–H and O–H groups in total. The normalized spacial score (nSPS) is 18.0. The van der Waals surface area contributed by atoms with E-state index >= 15 is 0 Å². The molecular weight excluding hydrogens is 637 g/mol. The van der Waals surface area contributed by atoms with Crippen molar-refractivity contribution >= 4 is 24.8 Å².